The lowest BCUT2D eigenvalue weighted by Crippen LogP contribution is -2.20. The van der Waals surface area contributed by atoms with Crippen LogP contribution in [0.3, 0.4) is 0 Å². The lowest BCUT2D eigenvalue weighted by Gasteiger charge is -2.08. The van der Waals surface area contributed by atoms with Crippen LogP contribution in [0.4, 0.5) is 0 Å². The second kappa shape index (κ2) is 5.24. The smallest absolute Gasteiger partial charge is 0.259 e. The SMILES string of the molecule is Cn1c2ccccc2c2c3c(c4c5ccccc5n(CC#N)c4c21)C(=O)NC3=O. The number of hydrogen-bond acceptors (Lipinski definition) is 3. The van der Waals surface area contributed by atoms with Gasteiger partial charge in [0, 0.05) is 34.1 Å². The number of amides is 2. The fourth-order valence-corrected chi connectivity index (χ4v) is 4.89. The molecule has 0 atom stereocenters. The van der Waals surface area contributed by atoms with Crippen LogP contribution in [-0.2, 0) is 13.6 Å². The van der Waals surface area contributed by atoms with E-state index in [1.807, 2.05) is 60.1 Å². The number of hydrogen-bond donors (Lipinski definition) is 1. The monoisotopic (exact) mass is 378 g/mol. The lowest BCUT2D eigenvalue weighted by molar-refractivity contribution is 0.0880. The van der Waals surface area contributed by atoms with Crippen molar-refractivity contribution in [1.82, 2.24) is 14.5 Å². The maximum absolute atomic E-state index is 12.9. The molecule has 138 valence electrons. The van der Waals surface area contributed by atoms with Gasteiger partial charge in [0.05, 0.1) is 33.7 Å². The number of para-hydroxylation sites is 2. The molecular weight excluding hydrogens is 364 g/mol. The summed E-state index contributed by atoms with van der Waals surface area (Å²) >= 11 is 0. The molecule has 0 unspecified atom stereocenters. The molecule has 1 aliphatic rings. The number of nitriles is 1. The number of nitrogens with one attached hydrogen (secondary N) is 1. The summed E-state index contributed by atoms with van der Waals surface area (Å²) in [7, 11) is 1.96. The highest BCUT2D eigenvalue weighted by atomic mass is 16.2. The summed E-state index contributed by atoms with van der Waals surface area (Å²) in [4.78, 5) is 25.7. The minimum Gasteiger partial charge on any atom is -0.342 e. The van der Waals surface area contributed by atoms with E-state index in [2.05, 4.69) is 16.0 Å². The quantitative estimate of drug-likeness (QED) is 0.450. The molecule has 6 nitrogen and oxygen atoms in total. The van der Waals surface area contributed by atoms with Crippen LogP contribution in [0.1, 0.15) is 20.7 Å². The minimum atomic E-state index is -0.385. The van der Waals surface area contributed by atoms with Crippen molar-refractivity contribution in [3.8, 4) is 6.07 Å². The predicted octanol–water partition coefficient (Wildman–Crippen LogP) is 3.85. The van der Waals surface area contributed by atoms with Gasteiger partial charge in [0.1, 0.15) is 6.54 Å². The van der Waals surface area contributed by atoms with E-state index in [-0.39, 0.29) is 18.4 Å². The zero-order valence-corrected chi connectivity index (χ0v) is 15.5. The van der Waals surface area contributed by atoms with Gasteiger partial charge in [-0.25, -0.2) is 0 Å². The normalized spacial score (nSPS) is 13.5. The Morgan fingerprint density at radius 3 is 2.07 bits per heavy atom. The first-order chi connectivity index (χ1) is 14.1. The number of carbonyl (C=O) groups is 2. The highest BCUT2D eigenvalue weighted by Gasteiger charge is 2.36. The Kier molecular flexibility index (Phi) is 2.87. The number of aryl methyl sites for hydroxylation is 1. The van der Waals surface area contributed by atoms with Crippen molar-refractivity contribution in [2.24, 2.45) is 7.05 Å². The van der Waals surface area contributed by atoms with Gasteiger partial charge in [-0.3, -0.25) is 14.9 Å². The van der Waals surface area contributed by atoms with Crippen molar-refractivity contribution < 1.29 is 9.59 Å². The van der Waals surface area contributed by atoms with E-state index in [9.17, 15) is 14.9 Å². The number of rotatable bonds is 1. The molecule has 0 saturated carbocycles. The van der Waals surface area contributed by atoms with Crippen LogP contribution in [0.5, 0.6) is 0 Å². The van der Waals surface area contributed by atoms with E-state index in [0.717, 1.165) is 43.6 Å². The average Bonchev–Trinajstić information content (AvgIpc) is 3.32. The summed E-state index contributed by atoms with van der Waals surface area (Å²) in [5, 5.41) is 15.3. The molecule has 6 rings (SSSR count). The third-order valence-corrected chi connectivity index (χ3v) is 5.96. The first-order valence-electron chi connectivity index (χ1n) is 9.30. The molecule has 3 aromatic carbocycles. The Morgan fingerprint density at radius 1 is 0.862 bits per heavy atom. The Hall–Kier alpha value is -4.11. The molecule has 2 aromatic heterocycles. The summed E-state index contributed by atoms with van der Waals surface area (Å²) in [6.07, 6.45) is 0. The zero-order chi connectivity index (χ0) is 19.9. The van der Waals surface area contributed by atoms with Gasteiger partial charge >= 0.3 is 0 Å². The minimum absolute atomic E-state index is 0.148. The van der Waals surface area contributed by atoms with E-state index in [1.54, 1.807) is 0 Å². The fourth-order valence-electron chi connectivity index (χ4n) is 4.89. The molecule has 0 spiro atoms. The molecule has 29 heavy (non-hydrogen) atoms. The zero-order valence-electron chi connectivity index (χ0n) is 15.5. The van der Waals surface area contributed by atoms with Crippen LogP contribution in [0.25, 0.3) is 43.6 Å². The molecule has 3 heterocycles. The van der Waals surface area contributed by atoms with Gasteiger partial charge < -0.3 is 9.13 Å². The molecule has 0 radical (unpaired) electrons. The highest BCUT2D eigenvalue weighted by molar-refractivity contribution is 6.39. The molecule has 0 aliphatic carbocycles. The van der Waals surface area contributed by atoms with Gasteiger partial charge in [-0.2, -0.15) is 5.26 Å². The number of fused-ring (bicyclic) bond motifs is 10. The third kappa shape index (κ3) is 1.75. The lowest BCUT2D eigenvalue weighted by atomic mass is 9.96. The van der Waals surface area contributed by atoms with Gasteiger partial charge in [0.15, 0.2) is 0 Å². The Morgan fingerprint density at radius 2 is 1.41 bits per heavy atom. The number of carbonyl (C=O) groups excluding carboxylic acids is 2. The number of benzene rings is 3. The second-order valence-electron chi connectivity index (χ2n) is 7.32. The van der Waals surface area contributed by atoms with Gasteiger partial charge in [-0.15, -0.1) is 0 Å². The maximum atomic E-state index is 12.9. The summed E-state index contributed by atoms with van der Waals surface area (Å²) in [5.41, 5.74) is 4.34. The van der Waals surface area contributed by atoms with Gasteiger partial charge in [0.2, 0.25) is 0 Å². The average molecular weight is 378 g/mol. The van der Waals surface area contributed by atoms with E-state index < -0.39 is 0 Å². The largest absolute Gasteiger partial charge is 0.342 e. The van der Waals surface area contributed by atoms with Crippen molar-refractivity contribution >= 4 is 55.4 Å². The number of aromatic nitrogens is 2. The van der Waals surface area contributed by atoms with Crippen LogP contribution in [0.15, 0.2) is 48.5 Å². The fraction of sp³-hybridized carbons (Fsp3) is 0.0870. The molecule has 1 N–H and O–H groups in total. The number of imide groups is 1. The summed E-state index contributed by atoms with van der Waals surface area (Å²) in [5.74, 6) is -0.755. The van der Waals surface area contributed by atoms with Gasteiger partial charge in [0.25, 0.3) is 11.8 Å². The van der Waals surface area contributed by atoms with E-state index in [1.165, 1.54) is 0 Å². The van der Waals surface area contributed by atoms with E-state index in [4.69, 9.17) is 0 Å². The van der Waals surface area contributed by atoms with Crippen molar-refractivity contribution in [2.45, 2.75) is 6.54 Å². The molecule has 5 aromatic rings. The van der Waals surface area contributed by atoms with Crippen LogP contribution in [0, 0.1) is 11.3 Å². The van der Waals surface area contributed by atoms with Crippen molar-refractivity contribution in [3.63, 3.8) is 0 Å². The summed E-state index contributed by atoms with van der Waals surface area (Å²) in [6.45, 7) is 0.148. The highest BCUT2D eigenvalue weighted by Crippen LogP contribution is 2.44. The Bertz CT molecular complexity index is 1610. The van der Waals surface area contributed by atoms with Crippen LogP contribution in [-0.4, -0.2) is 20.9 Å². The van der Waals surface area contributed by atoms with E-state index >= 15 is 0 Å². The van der Waals surface area contributed by atoms with Gasteiger partial charge in [-0.1, -0.05) is 36.4 Å². The predicted molar refractivity (Wildman–Crippen MR) is 111 cm³/mol. The molecule has 0 fully saturated rings. The van der Waals surface area contributed by atoms with Crippen LogP contribution in [0.2, 0.25) is 0 Å². The first-order valence-corrected chi connectivity index (χ1v) is 9.30. The standard InChI is InChI=1S/C23H14N4O2/c1-26-14-8-4-2-6-12(14)16-18-19(23(29)25-22(18)28)17-13-7-3-5-9-15(13)27(11-10-24)21(17)20(16)26/h2-9H,11H2,1H3,(H,25,28,29). The molecule has 1 aliphatic heterocycles. The van der Waals surface area contributed by atoms with Crippen LogP contribution < -0.4 is 5.32 Å². The topological polar surface area (TPSA) is 79.8 Å². The molecule has 2 amide bonds. The van der Waals surface area contributed by atoms with Gasteiger partial charge in [-0.05, 0) is 12.1 Å². The first kappa shape index (κ1) is 15.9. The molecule has 0 bridgehead atoms. The second-order valence-corrected chi connectivity index (χ2v) is 7.32. The summed E-state index contributed by atoms with van der Waals surface area (Å²) in [6, 6.07) is 17.8. The Balaban J connectivity index is 2.07. The maximum Gasteiger partial charge on any atom is 0.259 e. The molecular formula is C23H14N4O2. The molecule has 6 heteroatoms. The summed E-state index contributed by atoms with van der Waals surface area (Å²) < 4.78 is 4.00. The Labute approximate surface area is 164 Å². The number of nitrogens with zero attached hydrogens (tertiary/aromatic N) is 3. The van der Waals surface area contributed by atoms with Crippen molar-refractivity contribution in [3.05, 3.63) is 59.7 Å². The van der Waals surface area contributed by atoms with E-state index in [0.29, 0.717) is 11.1 Å². The van der Waals surface area contributed by atoms with Crippen LogP contribution >= 0.6 is 0 Å². The molecule has 0 saturated heterocycles. The van der Waals surface area contributed by atoms with Crippen molar-refractivity contribution in [2.75, 3.05) is 0 Å². The van der Waals surface area contributed by atoms with Crippen molar-refractivity contribution in [1.29, 1.82) is 5.26 Å². The third-order valence-electron chi connectivity index (χ3n) is 5.96.